The van der Waals surface area contributed by atoms with Crippen molar-refractivity contribution < 1.29 is 0 Å². The van der Waals surface area contributed by atoms with Crippen molar-refractivity contribution in [1.82, 2.24) is 10.2 Å². The molecule has 2 fully saturated rings. The SMILES string of the molecule is CNC1CCCCCC1N1CCCCCC1. The summed E-state index contributed by atoms with van der Waals surface area (Å²) in [5, 5.41) is 3.57. The summed E-state index contributed by atoms with van der Waals surface area (Å²) in [5.74, 6) is 0. The normalized spacial score (nSPS) is 34.3. The highest BCUT2D eigenvalue weighted by molar-refractivity contribution is 4.86. The predicted molar refractivity (Wildman–Crippen MR) is 69.8 cm³/mol. The first-order valence-electron chi connectivity index (χ1n) is 7.33. The molecule has 2 unspecified atom stereocenters. The van der Waals surface area contributed by atoms with Gasteiger partial charge in [0.2, 0.25) is 0 Å². The maximum atomic E-state index is 3.57. The number of hydrogen-bond donors (Lipinski definition) is 1. The van der Waals surface area contributed by atoms with Crippen LogP contribution in [0.15, 0.2) is 0 Å². The molecule has 2 rings (SSSR count). The van der Waals surface area contributed by atoms with Gasteiger partial charge in [0.1, 0.15) is 0 Å². The third-order valence-electron chi connectivity index (χ3n) is 4.46. The quantitative estimate of drug-likeness (QED) is 0.726. The highest BCUT2D eigenvalue weighted by Crippen LogP contribution is 2.24. The molecule has 1 saturated heterocycles. The summed E-state index contributed by atoms with van der Waals surface area (Å²) in [7, 11) is 2.15. The van der Waals surface area contributed by atoms with Crippen LogP contribution in [0.25, 0.3) is 0 Å². The lowest BCUT2D eigenvalue weighted by molar-refractivity contribution is 0.156. The highest BCUT2D eigenvalue weighted by Gasteiger charge is 2.27. The second kappa shape index (κ2) is 6.61. The van der Waals surface area contributed by atoms with Crippen LogP contribution in [0.3, 0.4) is 0 Å². The molecule has 0 spiro atoms. The molecule has 2 nitrogen and oxygen atoms in total. The lowest BCUT2D eigenvalue weighted by atomic mass is 10.0. The molecule has 1 aliphatic carbocycles. The Kier molecular flexibility index (Phi) is 5.11. The van der Waals surface area contributed by atoms with Crippen molar-refractivity contribution in [3.63, 3.8) is 0 Å². The topological polar surface area (TPSA) is 15.3 Å². The Labute approximate surface area is 101 Å². The Hall–Kier alpha value is -0.0800. The molecule has 0 bridgehead atoms. The van der Waals surface area contributed by atoms with Gasteiger partial charge in [0.25, 0.3) is 0 Å². The fraction of sp³-hybridized carbons (Fsp3) is 1.00. The van der Waals surface area contributed by atoms with Crippen LogP contribution in [0.5, 0.6) is 0 Å². The number of rotatable bonds is 2. The Bertz CT molecular complexity index is 185. The molecular formula is C14H28N2. The Balaban J connectivity index is 1.96. The molecule has 1 heterocycles. The van der Waals surface area contributed by atoms with Gasteiger partial charge < -0.3 is 5.32 Å². The minimum atomic E-state index is 0.751. The molecule has 2 heteroatoms. The first-order chi connectivity index (χ1) is 7.92. The van der Waals surface area contributed by atoms with Gasteiger partial charge in [-0.15, -0.1) is 0 Å². The third kappa shape index (κ3) is 3.21. The van der Waals surface area contributed by atoms with Crippen molar-refractivity contribution in [2.75, 3.05) is 20.1 Å². The average Bonchev–Trinajstić information content (AvgIpc) is 2.70. The van der Waals surface area contributed by atoms with Crippen LogP contribution in [0.4, 0.5) is 0 Å². The summed E-state index contributed by atoms with van der Waals surface area (Å²) in [5.41, 5.74) is 0. The number of likely N-dealkylation sites (tertiary alicyclic amines) is 1. The average molecular weight is 224 g/mol. The summed E-state index contributed by atoms with van der Waals surface area (Å²) in [4.78, 5) is 2.79. The van der Waals surface area contributed by atoms with Gasteiger partial charge >= 0.3 is 0 Å². The zero-order valence-electron chi connectivity index (χ0n) is 10.9. The van der Waals surface area contributed by atoms with Crippen LogP contribution in [0.1, 0.15) is 57.8 Å². The third-order valence-corrected chi connectivity index (χ3v) is 4.46. The van der Waals surface area contributed by atoms with Crippen LogP contribution < -0.4 is 5.32 Å². The first kappa shape index (κ1) is 12.4. The van der Waals surface area contributed by atoms with Crippen LogP contribution in [-0.4, -0.2) is 37.1 Å². The van der Waals surface area contributed by atoms with E-state index in [4.69, 9.17) is 0 Å². The van der Waals surface area contributed by atoms with Crippen LogP contribution in [0.2, 0.25) is 0 Å². The Morgan fingerprint density at radius 2 is 1.44 bits per heavy atom. The van der Waals surface area contributed by atoms with Crippen LogP contribution in [-0.2, 0) is 0 Å². The predicted octanol–water partition coefficient (Wildman–Crippen LogP) is 2.78. The van der Waals surface area contributed by atoms with E-state index in [1.54, 1.807) is 0 Å². The number of nitrogens with zero attached hydrogens (tertiary/aromatic N) is 1. The zero-order valence-corrected chi connectivity index (χ0v) is 10.9. The van der Waals surface area contributed by atoms with E-state index < -0.39 is 0 Å². The second-order valence-electron chi connectivity index (χ2n) is 5.55. The summed E-state index contributed by atoms with van der Waals surface area (Å²) < 4.78 is 0. The van der Waals surface area contributed by atoms with Crippen molar-refractivity contribution in [2.45, 2.75) is 69.9 Å². The van der Waals surface area contributed by atoms with E-state index in [0.29, 0.717) is 0 Å². The van der Waals surface area contributed by atoms with Gasteiger partial charge in [-0.1, -0.05) is 32.1 Å². The minimum Gasteiger partial charge on any atom is -0.315 e. The van der Waals surface area contributed by atoms with Gasteiger partial charge in [0.15, 0.2) is 0 Å². The molecule has 94 valence electrons. The molecule has 1 saturated carbocycles. The van der Waals surface area contributed by atoms with Crippen molar-refractivity contribution in [3.05, 3.63) is 0 Å². The van der Waals surface area contributed by atoms with Gasteiger partial charge in [-0.3, -0.25) is 4.90 Å². The molecule has 0 radical (unpaired) electrons. The number of likely N-dealkylation sites (N-methyl/N-ethyl adjacent to an activating group) is 1. The van der Waals surface area contributed by atoms with E-state index in [-0.39, 0.29) is 0 Å². The number of nitrogens with one attached hydrogen (secondary N) is 1. The van der Waals surface area contributed by atoms with Gasteiger partial charge in [-0.2, -0.15) is 0 Å². The summed E-state index contributed by atoms with van der Waals surface area (Å²) in [6.07, 6.45) is 12.9. The maximum Gasteiger partial charge on any atom is 0.0249 e. The summed E-state index contributed by atoms with van der Waals surface area (Å²) in [6, 6.07) is 1.58. The molecule has 0 aromatic carbocycles. The highest BCUT2D eigenvalue weighted by atomic mass is 15.2. The Morgan fingerprint density at radius 1 is 0.812 bits per heavy atom. The largest absolute Gasteiger partial charge is 0.315 e. The van der Waals surface area contributed by atoms with Crippen molar-refractivity contribution in [3.8, 4) is 0 Å². The standard InChI is InChI=1S/C14H28N2/c1-15-13-9-5-4-6-10-14(13)16-11-7-2-3-8-12-16/h13-15H,2-12H2,1H3. The van der Waals surface area contributed by atoms with Crippen molar-refractivity contribution in [1.29, 1.82) is 0 Å². The zero-order chi connectivity index (χ0) is 11.2. The van der Waals surface area contributed by atoms with Gasteiger partial charge in [0, 0.05) is 12.1 Å². The van der Waals surface area contributed by atoms with Gasteiger partial charge in [-0.25, -0.2) is 0 Å². The van der Waals surface area contributed by atoms with Crippen LogP contribution >= 0.6 is 0 Å². The molecule has 2 atom stereocenters. The van der Waals surface area contributed by atoms with Gasteiger partial charge in [-0.05, 0) is 45.8 Å². The summed E-state index contributed by atoms with van der Waals surface area (Å²) in [6.45, 7) is 2.70. The second-order valence-corrected chi connectivity index (χ2v) is 5.55. The van der Waals surface area contributed by atoms with E-state index in [0.717, 1.165) is 12.1 Å². The molecule has 0 aromatic heterocycles. The van der Waals surface area contributed by atoms with E-state index in [1.807, 2.05) is 0 Å². The minimum absolute atomic E-state index is 0.751. The van der Waals surface area contributed by atoms with Crippen molar-refractivity contribution >= 4 is 0 Å². The molecular weight excluding hydrogens is 196 g/mol. The van der Waals surface area contributed by atoms with E-state index in [2.05, 4.69) is 17.3 Å². The molecule has 16 heavy (non-hydrogen) atoms. The number of hydrogen-bond acceptors (Lipinski definition) is 2. The molecule has 0 amide bonds. The van der Waals surface area contributed by atoms with E-state index in [9.17, 15) is 0 Å². The first-order valence-corrected chi connectivity index (χ1v) is 7.33. The smallest absolute Gasteiger partial charge is 0.0249 e. The summed E-state index contributed by atoms with van der Waals surface area (Å²) >= 11 is 0. The van der Waals surface area contributed by atoms with Crippen LogP contribution in [0, 0.1) is 0 Å². The van der Waals surface area contributed by atoms with E-state index in [1.165, 1.54) is 70.9 Å². The van der Waals surface area contributed by atoms with E-state index >= 15 is 0 Å². The fourth-order valence-electron chi connectivity index (χ4n) is 3.49. The molecule has 1 aliphatic heterocycles. The van der Waals surface area contributed by atoms with Gasteiger partial charge in [0.05, 0.1) is 0 Å². The fourth-order valence-corrected chi connectivity index (χ4v) is 3.49. The lowest BCUT2D eigenvalue weighted by Gasteiger charge is -2.35. The molecule has 2 aliphatic rings. The lowest BCUT2D eigenvalue weighted by Crippen LogP contribution is -2.48. The molecule has 1 N–H and O–H groups in total. The maximum absolute atomic E-state index is 3.57. The monoisotopic (exact) mass is 224 g/mol. The van der Waals surface area contributed by atoms with Crippen molar-refractivity contribution in [2.24, 2.45) is 0 Å². The Morgan fingerprint density at radius 3 is 2.12 bits per heavy atom. The molecule has 0 aromatic rings.